The Balaban J connectivity index is 1.71. The highest BCUT2D eigenvalue weighted by molar-refractivity contribution is 6.39. The zero-order valence-electron chi connectivity index (χ0n) is 19.8. The Hall–Kier alpha value is -3.97. The van der Waals surface area contributed by atoms with Gasteiger partial charge in [0.25, 0.3) is 11.8 Å². The van der Waals surface area contributed by atoms with Gasteiger partial charge in [-0.05, 0) is 66.4 Å². The van der Waals surface area contributed by atoms with Crippen molar-refractivity contribution in [1.82, 2.24) is 5.32 Å². The third-order valence-corrected chi connectivity index (χ3v) is 6.15. The number of carbonyl (C=O) groups is 3. The number of benzene rings is 3. The lowest BCUT2D eigenvalue weighted by Crippen LogP contribution is -2.54. The van der Waals surface area contributed by atoms with Crippen LogP contribution in [0.5, 0.6) is 5.75 Å². The molecule has 184 valence electrons. The van der Waals surface area contributed by atoms with E-state index >= 15 is 0 Å². The Kier molecular flexibility index (Phi) is 7.50. The van der Waals surface area contributed by atoms with Crippen LogP contribution < -0.4 is 15.0 Å². The van der Waals surface area contributed by atoms with Crippen molar-refractivity contribution in [2.75, 3.05) is 11.5 Å². The summed E-state index contributed by atoms with van der Waals surface area (Å²) in [5.41, 5.74) is 2.63. The van der Waals surface area contributed by atoms with Gasteiger partial charge < -0.3 is 4.74 Å². The van der Waals surface area contributed by atoms with Gasteiger partial charge in [0.15, 0.2) is 0 Å². The van der Waals surface area contributed by atoms with Gasteiger partial charge in [-0.15, -0.1) is 0 Å². The summed E-state index contributed by atoms with van der Waals surface area (Å²) < 4.78 is 20.0. The second kappa shape index (κ2) is 10.7. The van der Waals surface area contributed by atoms with Gasteiger partial charge in [0, 0.05) is 17.0 Å². The molecule has 1 heterocycles. The Bertz CT molecular complexity index is 1370. The summed E-state index contributed by atoms with van der Waals surface area (Å²) in [6.07, 6.45) is 2.37. The predicted molar refractivity (Wildman–Crippen MR) is 137 cm³/mol. The highest BCUT2D eigenvalue weighted by atomic mass is 35.5. The van der Waals surface area contributed by atoms with Crippen molar-refractivity contribution in [3.05, 3.63) is 99.3 Å². The number of hydrogen-bond donors (Lipinski definition) is 1. The molecule has 0 spiro atoms. The zero-order chi connectivity index (χ0) is 25.8. The highest BCUT2D eigenvalue weighted by Crippen LogP contribution is 2.33. The van der Waals surface area contributed by atoms with Crippen molar-refractivity contribution >= 4 is 41.2 Å². The van der Waals surface area contributed by atoms with Crippen LogP contribution in [-0.2, 0) is 22.4 Å². The van der Waals surface area contributed by atoms with Gasteiger partial charge in [-0.3, -0.25) is 14.9 Å². The number of carbonyl (C=O) groups excluding carboxylic acids is 3. The van der Waals surface area contributed by atoms with E-state index in [1.807, 2.05) is 19.1 Å². The van der Waals surface area contributed by atoms with E-state index in [0.717, 1.165) is 16.9 Å². The molecule has 0 bridgehead atoms. The van der Waals surface area contributed by atoms with E-state index in [1.54, 1.807) is 49.4 Å². The van der Waals surface area contributed by atoms with Crippen molar-refractivity contribution in [2.45, 2.75) is 26.7 Å². The molecule has 4 rings (SSSR count). The molecule has 0 unspecified atom stereocenters. The van der Waals surface area contributed by atoms with Crippen LogP contribution >= 0.6 is 11.6 Å². The molecule has 3 aromatic rings. The van der Waals surface area contributed by atoms with E-state index in [4.69, 9.17) is 16.3 Å². The number of amides is 4. The minimum Gasteiger partial charge on any atom is -0.494 e. The molecule has 0 aromatic heterocycles. The summed E-state index contributed by atoms with van der Waals surface area (Å²) in [5, 5.41) is 2.51. The first-order valence-electron chi connectivity index (χ1n) is 11.5. The molecule has 1 aliphatic rings. The van der Waals surface area contributed by atoms with Crippen LogP contribution in [0.25, 0.3) is 6.08 Å². The first-order chi connectivity index (χ1) is 17.3. The number of imide groups is 2. The summed E-state index contributed by atoms with van der Waals surface area (Å²) in [5.74, 6) is -1.51. The quantitative estimate of drug-likeness (QED) is 0.329. The summed E-state index contributed by atoms with van der Waals surface area (Å²) in [4.78, 5) is 39.2. The molecule has 8 heteroatoms. The SMILES string of the molecule is CCOc1cc(/C=C2\C(=O)NC(=O)N(c3ccc(CC)cc3)C2=O)cc(Cl)c1Cc1ccccc1F. The number of halogens is 2. The number of aryl methyl sites for hydroxylation is 1. The van der Waals surface area contributed by atoms with Gasteiger partial charge in [0.2, 0.25) is 0 Å². The molecule has 1 fully saturated rings. The normalized spacial score (nSPS) is 14.8. The van der Waals surface area contributed by atoms with Gasteiger partial charge in [0.05, 0.1) is 12.3 Å². The maximum absolute atomic E-state index is 14.2. The third kappa shape index (κ3) is 5.16. The van der Waals surface area contributed by atoms with E-state index in [9.17, 15) is 18.8 Å². The van der Waals surface area contributed by atoms with Crippen LogP contribution in [0.15, 0.2) is 66.2 Å². The minimum absolute atomic E-state index is 0.202. The molecule has 36 heavy (non-hydrogen) atoms. The topological polar surface area (TPSA) is 75.7 Å². The van der Waals surface area contributed by atoms with Crippen LogP contribution in [-0.4, -0.2) is 24.5 Å². The molecule has 1 aliphatic heterocycles. The van der Waals surface area contributed by atoms with Crippen molar-refractivity contribution < 1.29 is 23.5 Å². The van der Waals surface area contributed by atoms with E-state index in [2.05, 4.69) is 5.32 Å². The number of nitrogens with zero attached hydrogens (tertiary/aromatic N) is 1. The second-order valence-electron chi connectivity index (χ2n) is 8.16. The van der Waals surface area contributed by atoms with Crippen LogP contribution in [0, 0.1) is 5.82 Å². The van der Waals surface area contributed by atoms with Crippen LogP contribution in [0.4, 0.5) is 14.9 Å². The molecular weight excluding hydrogens is 483 g/mol. The van der Waals surface area contributed by atoms with E-state index < -0.39 is 17.8 Å². The smallest absolute Gasteiger partial charge is 0.335 e. The molecule has 3 aromatic carbocycles. The molecule has 1 N–H and O–H groups in total. The molecule has 4 amide bonds. The number of anilines is 1. The first-order valence-corrected chi connectivity index (χ1v) is 11.9. The average molecular weight is 507 g/mol. The lowest BCUT2D eigenvalue weighted by Gasteiger charge is -2.26. The molecular formula is C28H24ClFN2O4. The summed E-state index contributed by atoms with van der Waals surface area (Å²) in [6, 6.07) is 15.7. The van der Waals surface area contributed by atoms with E-state index in [1.165, 1.54) is 12.1 Å². The summed E-state index contributed by atoms with van der Waals surface area (Å²) in [7, 11) is 0. The van der Waals surface area contributed by atoms with Crippen molar-refractivity contribution in [3.8, 4) is 5.75 Å². The third-order valence-electron chi connectivity index (χ3n) is 5.82. The first kappa shape index (κ1) is 25.1. The average Bonchev–Trinajstić information content (AvgIpc) is 2.85. The number of ether oxygens (including phenoxy) is 1. The fourth-order valence-corrected chi connectivity index (χ4v) is 4.23. The van der Waals surface area contributed by atoms with E-state index in [-0.39, 0.29) is 17.8 Å². The van der Waals surface area contributed by atoms with Crippen molar-refractivity contribution in [2.24, 2.45) is 0 Å². The molecule has 0 atom stereocenters. The molecule has 1 saturated heterocycles. The van der Waals surface area contributed by atoms with Crippen LogP contribution in [0.1, 0.15) is 36.1 Å². The number of rotatable bonds is 7. The van der Waals surface area contributed by atoms with Gasteiger partial charge >= 0.3 is 6.03 Å². The Labute approximate surface area is 213 Å². The largest absolute Gasteiger partial charge is 0.494 e. The van der Waals surface area contributed by atoms with E-state index in [0.29, 0.717) is 39.8 Å². The van der Waals surface area contributed by atoms with Gasteiger partial charge in [-0.1, -0.05) is 48.9 Å². The Morgan fingerprint density at radius 1 is 1.03 bits per heavy atom. The molecule has 0 aliphatic carbocycles. The molecule has 6 nitrogen and oxygen atoms in total. The minimum atomic E-state index is -0.820. The predicted octanol–water partition coefficient (Wildman–Crippen LogP) is 5.70. The molecule has 0 radical (unpaired) electrons. The van der Waals surface area contributed by atoms with Crippen molar-refractivity contribution in [1.29, 1.82) is 0 Å². The lowest BCUT2D eigenvalue weighted by atomic mass is 10.00. The fourth-order valence-electron chi connectivity index (χ4n) is 3.94. The zero-order valence-corrected chi connectivity index (χ0v) is 20.6. The number of nitrogens with one attached hydrogen (secondary N) is 1. The second-order valence-corrected chi connectivity index (χ2v) is 8.57. The Morgan fingerprint density at radius 3 is 2.42 bits per heavy atom. The maximum atomic E-state index is 14.2. The van der Waals surface area contributed by atoms with Gasteiger partial charge in [-0.25, -0.2) is 14.1 Å². The van der Waals surface area contributed by atoms with Crippen LogP contribution in [0.2, 0.25) is 5.02 Å². The fraction of sp³-hybridized carbons (Fsp3) is 0.179. The van der Waals surface area contributed by atoms with Gasteiger partial charge in [0.1, 0.15) is 17.1 Å². The Morgan fingerprint density at radius 2 is 1.75 bits per heavy atom. The van der Waals surface area contributed by atoms with Crippen molar-refractivity contribution in [3.63, 3.8) is 0 Å². The summed E-state index contributed by atoms with van der Waals surface area (Å²) in [6.45, 7) is 4.13. The number of urea groups is 1. The lowest BCUT2D eigenvalue weighted by molar-refractivity contribution is -0.122. The maximum Gasteiger partial charge on any atom is 0.335 e. The highest BCUT2D eigenvalue weighted by Gasteiger charge is 2.36. The number of barbiturate groups is 1. The monoisotopic (exact) mass is 506 g/mol. The summed E-state index contributed by atoms with van der Waals surface area (Å²) >= 11 is 6.56. The number of hydrogen-bond acceptors (Lipinski definition) is 4. The molecule has 0 saturated carbocycles. The van der Waals surface area contributed by atoms with Gasteiger partial charge in [-0.2, -0.15) is 0 Å². The van der Waals surface area contributed by atoms with Crippen LogP contribution in [0.3, 0.4) is 0 Å². The standard InChI is InChI=1S/C28H24ClFN2O4/c1-3-17-9-11-20(12-10-17)32-27(34)22(26(33)31-28(32)35)13-18-14-23(29)21(25(15-18)36-4-2)16-19-7-5-6-8-24(19)30/h5-15H,3-4,16H2,1-2H3,(H,31,33,35)/b22-13+.